The number of pyridine rings is 1. The molecule has 0 radical (unpaired) electrons. The van der Waals surface area contributed by atoms with Gasteiger partial charge in [0.05, 0.1) is 5.52 Å². The molecule has 0 N–H and O–H groups in total. The first-order valence-corrected chi connectivity index (χ1v) is 17.2. The average Bonchev–Trinajstić information content (AvgIpc) is 3.77. The molecule has 242 valence electrons. The van der Waals surface area contributed by atoms with Gasteiger partial charge in [-0.05, 0) is 70.4 Å². The van der Waals surface area contributed by atoms with Gasteiger partial charge in [-0.1, -0.05) is 103 Å². The van der Waals surface area contributed by atoms with E-state index >= 15 is 0 Å². The predicted octanol–water partition coefficient (Wildman–Crippen LogP) is 12.0. The summed E-state index contributed by atoms with van der Waals surface area (Å²) in [6.45, 7) is 0. The Hall–Kier alpha value is -7.18. The highest BCUT2D eigenvalue weighted by molar-refractivity contribution is 6.18. The average molecular weight is 667 g/mol. The molecule has 7 aromatic carbocycles. The molecule has 0 aliphatic carbocycles. The molecule has 6 heteroatoms. The van der Waals surface area contributed by atoms with Gasteiger partial charge >= 0.3 is 0 Å². The Morgan fingerprint density at radius 2 is 1.10 bits per heavy atom. The summed E-state index contributed by atoms with van der Waals surface area (Å²) in [4.78, 5) is 20.2. The number of hydrogen-bond acceptors (Lipinski definition) is 6. The van der Waals surface area contributed by atoms with E-state index in [0.29, 0.717) is 17.5 Å². The lowest BCUT2D eigenvalue weighted by Crippen LogP contribution is -2.00. The molecule has 11 rings (SSSR count). The van der Waals surface area contributed by atoms with Crippen molar-refractivity contribution in [2.45, 2.75) is 0 Å². The van der Waals surface area contributed by atoms with Gasteiger partial charge in [0, 0.05) is 49.8 Å². The van der Waals surface area contributed by atoms with E-state index in [4.69, 9.17) is 23.8 Å². The molecular weight excluding hydrogens is 641 g/mol. The zero-order valence-electron chi connectivity index (χ0n) is 27.6. The first-order valence-electron chi connectivity index (χ1n) is 17.2. The Balaban J connectivity index is 1.24. The molecule has 52 heavy (non-hydrogen) atoms. The van der Waals surface area contributed by atoms with Crippen molar-refractivity contribution in [1.29, 1.82) is 0 Å². The zero-order valence-corrected chi connectivity index (χ0v) is 27.6. The summed E-state index contributed by atoms with van der Waals surface area (Å²) in [5.74, 6) is 1.74. The summed E-state index contributed by atoms with van der Waals surface area (Å²) in [6.07, 6.45) is 1.82. The van der Waals surface area contributed by atoms with Crippen LogP contribution in [0, 0.1) is 0 Å². The second-order valence-electron chi connectivity index (χ2n) is 13.1. The van der Waals surface area contributed by atoms with Crippen LogP contribution in [0.5, 0.6) is 0 Å². The lowest BCUT2D eigenvalue weighted by atomic mass is 9.95. The summed E-state index contributed by atoms with van der Waals surface area (Å²) >= 11 is 0. The number of fused-ring (bicyclic) bond motifs is 8. The van der Waals surface area contributed by atoms with Crippen LogP contribution in [0.15, 0.2) is 167 Å². The number of para-hydroxylation sites is 1. The Morgan fingerprint density at radius 1 is 0.365 bits per heavy atom. The first-order chi connectivity index (χ1) is 25.7. The van der Waals surface area contributed by atoms with E-state index in [2.05, 4.69) is 89.9 Å². The Labute approximate surface area is 296 Å². The van der Waals surface area contributed by atoms with Crippen molar-refractivity contribution in [2.75, 3.05) is 0 Å². The van der Waals surface area contributed by atoms with E-state index in [9.17, 15) is 0 Å². The molecule has 0 saturated carbocycles. The quantitative estimate of drug-likeness (QED) is 0.186. The smallest absolute Gasteiger partial charge is 0.164 e. The van der Waals surface area contributed by atoms with Crippen LogP contribution in [-0.4, -0.2) is 19.9 Å². The molecule has 11 aromatic rings. The van der Waals surface area contributed by atoms with E-state index < -0.39 is 0 Å². The minimum Gasteiger partial charge on any atom is -0.456 e. The number of nitrogens with zero attached hydrogens (tertiary/aromatic N) is 4. The predicted molar refractivity (Wildman–Crippen MR) is 209 cm³/mol. The molecule has 4 heterocycles. The fraction of sp³-hybridized carbons (Fsp3) is 0. The van der Waals surface area contributed by atoms with Crippen molar-refractivity contribution < 1.29 is 8.83 Å². The molecule has 4 aromatic heterocycles. The van der Waals surface area contributed by atoms with Gasteiger partial charge in [0.15, 0.2) is 17.5 Å². The van der Waals surface area contributed by atoms with Gasteiger partial charge in [-0.15, -0.1) is 0 Å². The number of furan rings is 2. The van der Waals surface area contributed by atoms with Crippen LogP contribution in [0.3, 0.4) is 0 Å². The normalized spacial score (nSPS) is 11.8. The molecule has 0 fully saturated rings. The summed E-state index contributed by atoms with van der Waals surface area (Å²) in [5, 5.41) is 7.26. The Morgan fingerprint density at radius 3 is 2.02 bits per heavy atom. The molecule has 0 amide bonds. The molecule has 0 aliphatic heterocycles. The lowest BCUT2D eigenvalue weighted by molar-refractivity contribution is 0.668. The van der Waals surface area contributed by atoms with Gasteiger partial charge in [0.2, 0.25) is 0 Å². The van der Waals surface area contributed by atoms with Crippen LogP contribution >= 0.6 is 0 Å². The second kappa shape index (κ2) is 11.2. The molecule has 0 unspecified atom stereocenters. The topological polar surface area (TPSA) is 77.8 Å². The first kappa shape index (κ1) is 28.6. The van der Waals surface area contributed by atoms with Crippen molar-refractivity contribution in [3.8, 4) is 45.3 Å². The SMILES string of the molecule is c1ccc(-c2nc(-c3ccc4ccccc4c3)nc(-c3cc(-c4cccc5oc6ccccc6c45)cc4oc5cc6cccnc6cc5c34)n2)cc1. The van der Waals surface area contributed by atoms with E-state index in [-0.39, 0.29) is 0 Å². The van der Waals surface area contributed by atoms with Crippen molar-refractivity contribution >= 4 is 65.6 Å². The molecule has 0 atom stereocenters. The number of rotatable bonds is 4. The van der Waals surface area contributed by atoms with E-state index in [1.807, 2.05) is 72.9 Å². The summed E-state index contributed by atoms with van der Waals surface area (Å²) in [5.41, 5.74) is 8.72. The summed E-state index contributed by atoms with van der Waals surface area (Å²) < 4.78 is 13.0. The van der Waals surface area contributed by atoms with Crippen LogP contribution in [-0.2, 0) is 0 Å². The van der Waals surface area contributed by atoms with Crippen LogP contribution in [0.25, 0.3) is 111 Å². The maximum atomic E-state index is 6.72. The summed E-state index contributed by atoms with van der Waals surface area (Å²) in [6, 6.07) is 51.6. The monoisotopic (exact) mass is 666 g/mol. The zero-order chi connectivity index (χ0) is 34.2. The lowest BCUT2D eigenvalue weighted by Gasteiger charge is -2.12. The maximum Gasteiger partial charge on any atom is 0.164 e. The molecule has 0 bridgehead atoms. The minimum atomic E-state index is 0.553. The van der Waals surface area contributed by atoms with Gasteiger partial charge in [0.1, 0.15) is 22.3 Å². The van der Waals surface area contributed by atoms with Crippen LogP contribution in [0.1, 0.15) is 0 Å². The van der Waals surface area contributed by atoms with Crippen molar-refractivity contribution in [3.63, 3.8) is 0 Å². The van der Waals surface area contributed by atoms with Crippen molar-refractivity contribution in [3.05, 3.63) is 158 Å². The van der Waals surface area contributed by atoms with Gasteiger partial charge in [-0.25, -0.2) is 15.0 Å². The van der Waals surface area contributed by atoms with E-state index in [1.54, 1.807) is 0 Å². The van der Waals surface area contributed by atoms with Gasteiger partial charge in [-0.3, -0.25) is 4.98 Å². The molecular formula is C46H26N4O2. The minimum absolute atomic E-state index is 0.553. The molecule has 0 saturated heterocycles. The van der Waals surface area contributed by atoms with Crippen LogP contribution < -0.4 is 0 Å². The highest BCUT2D eigenvalue weighted by Gasteiger charge is 2.22. The van der Waals surface area contributed by atoms with Gasteiger partial charge in [-0.2, -0.15) is 0 Å². The van der Waals surface area contributed by atoms with Crippen LogP contribution in [0.4, 0.5) is 0 Å². The van der Waals surface area contributed by atoms with Crippen molar-refractivity contribution in [2.24, 2.45) is 0 Å². The standard InChI is InChI=1S/C46H26N4O2/c1-2-11-28(12-3-1)44-48-45(31-20-19-27-10-4-5-13-29(27)22-31)50-46(49-44)36-23-32(33-16-8-18-39-42(33)34-15-6-7-17-38(34)51-39)25-41-43(36)35-26-37-30(14-9-21-47-37)24-40(35)52-41/h1-26H. The highest BCUT2D eigenvalue weighted by Crippen LogP contribution is 2.43. The van der Waals surface area contributed by atoms with Gasteiger partial charge in [0.25, 0.3) is 0 Å². The molecule has 0 spiro atoms. The highest BCUT2D eigenvalue weighted by atomic mass is 16.3. The third-order valence-corrected chi connectivity index (χ3v) is 9.93. The molecule has 0 aliphatic rings. The third kappa shape index (κ3) is 4.51. The van der Waals surface area contributed by atoms with Crippen LogP contribution in [0.2, 0.25) is 0 Å². The van der Waals surface area contributed by atoms with Crippen molar-refractivity contribution in [1.82, 2.24) is 19.9 Å². The molecule has 6 nitrogen and oxygen atoms in total. The maximum absolute atomic E-state index is 6.72. The van der Waals surface area contributed by atoms with Gasteiger partial charge < -0.3 is 8.83 Å². The number of benzene rings is 7. The summed E-state index contributed by atoms with van der Waals surface area (Å²) in [7, 11) is 0. The fourth-order valence-electron chi connectivity index (χ4n) is 7.49. The Bertz CT molecular complexity index is 3200. The largest absolute Gasteiger partial charge is 0.456 e. The number of hydrogen-bond donors (Lipinski definition) is 0. The second-order valence-corrected chi connectivity index (χ2v) is 13.1. The fourth-order valence-corrected chi connectivity index (χ4v) is 7.49. The number of aromatic nitrogens is 4. The Kier molecular flexibility index (Phi) is 6.15. The van der Waals surface area contributed by atoms with E-state index in [0.717, 1.165) is 93.4 Å². The third-order valence-electron chi connectivity index (χ3n) is 9.93. The van der Waals surface area contributed by atoms with E-state index in [1.165, 1.54) is 0 Å².